The van der Waals surface area contributed by atoms with E-state index in [2.05, 4.69) is 10.3 Å². The van der Waals surface area contributed by atoms with Gasteiger partial charge in [0.2, 0.25) is 15.9 Å². The molecule has 1 amide bonds. The average molecular weight is 441 g/mol. The van der Waals surface area contributed by atoms with Crippen LogP contribution in [-0.4, -0.2) is 47.8 Å². The fraction of sp³-hybridized carbons (Fsp3) is 0.391. The van der Waals surface area contributed by atoms with Crippen LogP contribution < -0.4 is 5.32 Å². The molecule has 1 atom stereocenters. The zero-order chi connectivity index (χ0) is 22.0. The number of aromatic nitrogens is 2. The molecule has 0 aliphatic carbocycles. The Labute approximate surface area is 183 Å². The summed E-state index contributed by atoms with van der Waals surface area (Å²) in [4.78, 5) is 17.6. The maximum Gasteiger partial charge on any atom is 0.243 e. The Morgan fingerprint density at radius 1 is 1.16 bits per heavy atom. The van der Waals surface area contributed by atoms with Gasteiger partial charge in [-0.15, -0.1) is 0 Å². The van der Waals surface area contributed by atoms with Gasteiger partial charge in [-0.2, -0.15) is 4.31 Å². The van der Waals surface area contributed by atoms with E-state index in [0.717, 1.165) is 22.4 Å². The number of piperidine rings is 1. The van der Waals surface area contributed by atoms with Gasteiger partial charge in [0.1, 0.15) is 5.82 Å². The Balaban J connectivity index is 1.36. The zero-order valence-corrected chi connectivity index (χ0v) is 18.7. The second-order valence-corrected chi connectivity index (χ2v) is 10.1. The summed E-state index contributed by atoms with van der Waals surface area (Å²) in [5.41, 5.74) is 3.01. The van der Waals surface area contributed by atoms with Crippen LogP contribution in [0.4, 0.5) is 0 Å². The minimum absolute atomic E-state index is 0.0948. The molecule has 1 aliphatic rings. The number of sulfonamides is 1. The van der Waals surface area contributed by atoms with Crippen molar-refractivity contribution in [3.8, 4) is 0 Å². The predicted octanol–water partition coefficient (Wildman–Crippen LogP) is 2.64. The first kappa shape index (κ1) is 21.5. The van der Waals surface area contributed by atoms with E-state index in [1.807, 2.05) is 42.8 Å². The number of hydrogen-bond donors (Lipinski definition) is 1. The highest BCUT2D eigenvalue weighted by atomic mass is 32.2. The largest absolute Gasteiger partial charge is 0.355 e. The van der Waals surface area contributed by atoms with Crippen molar-refractivity contribution in [2.75, 3.05) is 19.6 Å². The Morgan fingerprint density at radius 3 is 2.65 bits per heavy atom. The first-order valence-corrected chi connectivity index (χ1v) is 12.0. The normalized spacial score (nSPS) is 17.7. The Kier molecular flexibility index (Phi) is 6.11. The van der Waals surface area contributed by atoms with Crippen molar-refractivity contribution in [3.63, 3.8) is 0 Å². The molecule has 8 heteroatoms. The van der Waals surface area contributed by atoms with Gasteiger partial charge in [-0.3, -0.25) is 4.79 Å². The van der Waals surface area contributed by atoms with Crippen LogP contribution in [0.25, 0.3) is 11.0 Å². The zero-order valence-electron chi connectivity index (χ0n) is 17.9. The highest BCUT2D eigenvalue weighted by Crippen LogP contribution is 2.24. The molecule has 0 bridgehead atoms. The molecule has 3 aromatic rings. The molecule has 1 aliphatic heterocycles. The van der Waals surface area contributed by atoms with E-state index < -0.39 is 10.0 Å². The third-order valence-electron chi connectivity index (χ3n) is 5.94. The van der Waals surface area contributed by atoms with Gasteiger partial charge in [-0.25, -0.2) is 13.4 Å². The molecule has 1 N–H and O–H groups in total. The number of para-hydroxylation sites is 2. The molecule has 0 saturated carbocycles. The molecule has 7 nitrogen and oxygen atoms in total. The van der Waals surface area contributed by atoms with Crippen LogP contribution in [0.5, 0.6) is 0 Å². The number of carbonyl (C=O) groups excluding carboxylic acids is 1. The van der Waals surface area contributed by atoms with E-state index >= 15 is 0 Å². The van der Waals surface area contributed by atoms with E-state index in [0.29, 0.717) is 32.4 Å². The third-order valence-corrected chi connectivity index (χ3v) is 7.82. The minimum atomic E-state index is -3.59. The van der Waals surface area contributed by atoms with Gasteiger partial charge in [-0.05, 0) is 44.0 Å². The smallest absolute Gasteiger partial charge is 0.243 e. The second-order valence-electron chi connectivity index (χ2n) is 8.13. The van der Waals surface area contributed by atoms with Crippen molar-refractivity contribution < 1.29 is 13.2 Å². The quantitative estimate of drug-likeness (QED) is 0.639. The summed E-state index contributed by atoms with van der Waals surface area (Å²) >= 11 is 0. The lowest BCUT2D eigenvalue weighted by atomic mass is 9.99. The van der Waals surface area contributed by atoms with Gasteiger partial charge in [0, 0.05) is 33.1 Å². The van der Waals surface area contributed by atoms with Gasteiger partial charge >= 0.3 is 0 Å². The minimum Gasteiger partial charge on any atom is -0.355 e. The van der Waals surface area contributed by atoms with Gasteiger partial charge in [0.05, 0.1) is 21.8 Å². The molecule has 1 fully saturated rings. The number of carbonyl (C=O) groups is 1. The maximum atomic E-state index is 13.0. The molecule has 0 spiro atoms. The summed E-state index contributed by atoms with van der Waals surface area (Å²) in [5.74, 6) is 0.478. The van der Waals surface area contributed by atoms with Crippen LogP contribution in [-0.2, 0) is 28.3 Å². The third kappa shape index (κ3) is 4.50. The molecular weight excluding hydrogens is 412 g/mol. The molecule has 2 aromatic carbocycles. The number of rotatable bonds is 6. The molecule has 1 unspecified atom stereocenters. The number of hydrogen-bond acceptors (Lipinski definition) is 4. The summed E-state index contributed by atoms with van der Waals surface area (Å²) in [5, 5.41) is 2.98. The molecule has 0 radical (unpaired) electrons. The Hall–Kier alpha value is -2.71. The molecule has 1 saturated heterocycles. The molecule has 1 aromatic heterocycles. The molecule has 4 rings (SSSR count). The van der Waals surface area contributed by atoms with E-state index in [4.69, 9.17) is 0 Å². The topological polar surface area (TPSA) is 84.3 Å². The average Bonchev–Trinajstić information content (AvgIpc) is 3.10. The number of aryl methyl sites for hydroxylation is 2. The Morgan fingerprint density at radius 2 is 1.90 bits per heavy atom. The number of fused-ring (bicyclic) bond motifs is 1. The summed E-state index contributed by atoms with van der Waals surface area (Å²) < 4.78 is 29.4. The lowest BCUT2D eigenvalue weighted by Crippen LogP contribution is -2.45. The van der Waals surface area contributed by atoms with Crippen LogP contribution in [0.2, 0.25) is 0 Å². The van der Waals surface area contributed by atoms with Crippen LogP contribution >= 0.6 is 0 Å². The molecule has 164 valence electrons. The summed E-state index contributed by atoms with van der Waals surface area (Å²) in [6.45, 7) is 3.05. The fourth-order valence-electron chi connectivity index (χ4n) is 4.09. The highest BCUT2D eigenvalue weighted by Gasteiger charge is 2.33. The van der Waals surface area contributed by atoms with Gasteiger partial charge in [0.25, 0.3) is 0 Å². The van der Waals surface area contributed by atoms with Crippen molar-refractivity contribution in [1.82, 2.24) is 19.2 Å². The lowest BCUT2D eigenvalue weighted by molar-refractivity contribution is -0.126. The number of nitrogens with zero attached hydrogens (tertiary/aromatic N) is 3. The van der Waals surface area contributed by atoms with Crippen LogP contribution in [0.15, 0.2) is 53.4 Å². The van der Waals surface area contributed by atoms with Gasteiger partial charge in [0.15, 0.2) is 0 Å². The summed E-state index contributed by atoms with van der Waals surface area (Å²) in [7, 11) is -1.62. The van der Waals surface area contributed by atoms with Crippen molar-refractivity contribution in [1.29, 1.82) is 0 Å². The van der Waals surface area contributed by atoms with Crippen LogP contribution in [0.1, 0.15) is 24.2 Å². The predicted molar refractivity (Wildman–Crippen MR) is 120 cm³/mol. The maximum absolute atomic E-state index is 13.0. The van der Waals surface area contributed by atoms with Crippen LogP contribution in [0, 0.1) is 12.8 Å². The Bertz CT molecular complexity index is 1190. The first-order chi connectivity index (χ1) is 14.9. The number of benzene rings is 2. The van der Waals surface area contributed by atoms with Crippen molar-refractivity contribution >= 4 is 27.0 Å². The number of amides is 1. The lowest BCUT2D eigenvalue weighted by Gasteiger charge is -2.31. The van der Waals surface area contributed by atoms with E-state index in [1.54, 1.807) is 24.3 Å². The van der Waals surface area contributed by atoms with E-state index in [1.165, 1.54) is 4.31 Å². The fourth-order valence-corrected chi connectivity index (χ4v) is 5.62. The van der Waals surface area contributed by atoms with Gasteiger partial charge in [-0.1, -0.05) is 29.8 Å². The molecule has 2 heterocycles. The highest BCUT2D eigenvalue weighted by molar-refractivity contribution is 7.89. The van der Waals surface area contributed by atoms with Gasteiger partial charge < -0.3 is 9.88 Å². The van der Waals surface area contributed by atoms with E-state index in [9.17, 15) is 13.2 Å². The summed E-state index contributed by atoms with van der Waals surface area (Å²) in [6.07, 6.45) is 1.99. The van der Waals surface area contributed by atoms with E-state index in [-0.39, 0.29) is 23.3 Å². The van der Waals surface area contributed by atoms with Crippen molar-refractivity contribution in [2.24, 2.45) is 13.0 Å². The molecular formula is C23H28N4O3S. The number of imidazole rings is 1. The number of nitrogens with one attached hydrogen (secondary N) is 1. The van der Waals surface area contributed by atoms with Crippen LogP contribution in [0.3, 0.4) is 0 Å². The van der Waals surface area contributed by atoms with Crippen molar-refractivity contribution in [3.05, 3.63) is 59.9 Å². The monoisotopic (exact) mass is 440 g/mol. The summed E-state index contributed by atoms with van der Waals surface area (Å²) in [6, 6.07) is 14.8. The first-order valence-electron chi connectivity index (χ1n) is 10.6. The molecule has 31 heavy (non-hydrogen) atoms. The SMILES string of the molecule is Cc1ccc(S(=O)(=O)N2CCCC(C(=O)NCCc3nc4ccccc4n3C)C2)cc1. The standard InChI is InChI=1S/C23H28N4O3S/c1-17-9-11-19(12-10-17)31(29,30)27-15-5-6-18(16-27)23(28)24-14-13-22-25-20-7-3-4-8-21(20)26(22)2/h3-4,7-12,18H,5-6,13-16H2,1-2H3,(H,24,28). The van der Waals surface area contributed by atoms with Crippen molar-refractivity contribution in [2.45, 2.75) is 31.1 Å². The second kappa shape index (κ2) is 8.80.